The van der Waals surface area contributed by atoms with Crippen molar-refractivity contribution in [2.75, 3.05) is 13.6 Å². The van der Waals surface area contributed by atoms with E-state index in [9.17, 15) is 5.11 Å². The molecule has 0 aliphatic rings. The molecule has 1 aromatic carbocycles. The van der Waals surface area contributed by atoms with E-state index in [1.807, 2.05) is 0 Å². The predicted octanol–water partition coefficient (Wildman–Crippen LogP) is 3.85. The lowest BCUT2D eigenvalue weighted by Gasteiger charge is -2.35. The molecule has 0 aliphatic carbocycles. The molecule has 19 heavy (non-hydrogen) atoms. The van der Waals surface area contributed by atoms with Crippen LogP contribution in [0.15, 0.2) is 18.2 Å². The molecule has 0 bridgehead atoms. The fraction of sp³-hybridized carbons (Fsp3) is 0.647. The van der Waals surface area contributed by atoms with Crippen molar-refractivity contribution >= 4 is 0 Å². The average Bonchev–Trinajstić information content (AvgIpc) is 2.34. The molecular weight excluding hydrogens is 234 g/mol. The lowest BCUT2D eigenvalue weighted by Crippen LogP contribution is -2.41. The lowest BCUT2D eigenvalue weighted by molar-refractivity contribution is 0.105. The Morgan fingerprint density at radius 2 is 1.68 bits per heavy atom. The first-order valence-corrected chi connectivity index (χ1v) is 7.23. The third kappa shape index (κ3) is 4.63. The van der Waals surface area contributed by atoms with Crippen LogP contribution in [0.2, 0.25) is 0 Å². The van der Waals surface area contributed by atoms with E-state index in [2.05, 4.69) is 64.8 Å². The van der Waals surface area contributed by atoms with Crippen LogP contribution in [0, 0.1) is 13.8 Å². The van der Waals surface area contributed by atoms with Gasteiger partial charge in [-0.05, 0) is 53.1 Å². The molecule has 0 saturated heterocycles. The molecule has 1 N–H and O–H groups in total. The third-order valence-corrected chi connectivity index (χ3v) is 4.27. The van der Waals surface area contributed by atoms with Crippen molar-refractivity contribution in [2.24, 2.45) is 0 Å². The van der Waals surface area contributed by atoms with Gasteiger partial charge in [0.25, 0.3) is 0 Å². The number of rotatable bonds is 6. The molecule has 0 aliphatic heterocycles. The molecule has 1 atom stereocenters. The zero-order valence-electron chi connectivity index (χ0n) is 13.3. The summed E-state index contributed by atoms with van der Waals surface area (Å²) in [5, 5.41) is 10.3. The van der Waals surface area contributed by atoms with E-state index in [-0.39, 0.29) is 11.6 Å². The first-order chi connectivity index (χ1) is 8.76. The van der Waals surface area contributed by atoms with Gasteiger partial charge in [-0.2, -0.15) is 0 Å². The molecule has 1 unspecified atom stereocenters. The zero-order valence-corrected chi connectivity index (χ0v) is 13.3. The van der Waals surface area contributed by atoms with E-state index in [0.717, 1.165) is 24.9 Å². The quantitative estimate of drug-likeness (QED) is 0.842. The monoisotopic (exact) mass is 263 g/mol. The number of aliphatic hydroxyl groups excluding tert-OH is 1. The van der Waals surface area contributed by atoms with Gasteiger partial charge in [0.05, 0.1) is 6.10 Å². The van der Waals surface area contributed by atoms with Crippen molar-refractivity contribution in [2.45, 2.75) is 59.1 Å². The van der Waals surface area contributed by atoms with Gasteiger partial charge in [0.15, 0.2) is 0 Å². The van der Waals surface area contributed by atoms with E-state index >= 15 is 0 Å². The third-order valence-electron chi connectivity index (χ3n) is 4.27. The van der Waals surface area contributed by atoms with Gasteiger partial charge in [-0.3, -0.25) is 0 Å². The van der Waals surface area contributed by atoms with Crippen LogP contribution in [-0.4, -0.2) is 29.1 Å². The Labute approximate surface area is 118 Å². The Morgan fingerprint density at radius 3 is 2.16 bits per heavy atom. The number of nitrogens with zero attached hydrogens (tertiary/aromatic N) is 1. The Hall–Kier alpha value is -0.860. The lowest BCUT2D eigenvalue weighted by atomic mass is 9.98. The molecule has 108 valence electrons. The summed E-state index contributed by atoms with van der Waals surface area (Å²) >= 11 is 0. The number of aliphatic hydroxyl groups is 1. The Bertz CT molecular complexity index is 391. The highest BCUT2D eigenvalue weighted by atomic mass is 16.3. The van der Waals surface area contributed by atoms with Crippen molar-refractivity contribution in [1.82, 2.24) is 4.90 Å². The van der Waals surface area contributed by atoms with Gasteiger partial charge in [-0.25, -0.2) is 0 Å². The second-order valence-electron chi connectivity index (χ2n) is 6.31. The van der Waals surface area contributed by atoms with E-state index in [1.54, 1.807) is 0 Å². The molecule has 2 nitrogen and oxygen atoms in total. The first kappa shape index (κ1) is 16.2. The van der Waals surface area contributed by atoms with Gasteiger partial charge in [0.1, 0.15) is 0 Å². The summed E-state index contributed by atoms with van der Waals surface area (Å²) in [6.45, 7) is 11.8. The number of benzene rings is 1. The summed E-state index contributed by atoms with van der Waals surface area (Å²) in [6, 6.07) is 6.31. The van der Waals surface area contributed by atoms with Crippen molar-refractivity contribution < 1.29 is 5.11 Å². The zero-order chi connectivity index (χ0) is 14.6. The molecule has 0 spiro atoms. The fourth-order valence-electron chi connectivity index (χ4n) is 2.26. The van der Waals surface area contributed by atoms with Crippen molar-refractivity contribution in [3.63, 3.8) is 0 Å². The van der Waals surface area contributed by atoms with Crippen LogP contribution >= 0.6 is 0 Å². The highest BCUT2D eigenvalue weighted by Gasteiger charge is 2.21. The van der Waals surface area contributed by atoms with Crippen molar-refractivity contribution in [1.29, 1.82) is 0 Å². The van der Waals surface area contributed by atoms with Crippen LogP contribution in [0.25, 0.3) is 0 Å². The molecule has 0 radical (unpaired) electrons. The summed E-state index contributed by atoms with van der Waals surface area (Å²) in [4.78, 5) is 2.33. The van der Waals surface area contributed by atoms with Gasteiger partial charge < -0.3 is 10.0 Å². The standard InChI is InChI=1S/C17H29NO/c1-7-17(4,5)18(6)9-8-16(19)15-11-13(2)10-14(3)12-15/h10-12,16,19H,7-9H2,1-6H3. The first-order valence-electron chi connectivity index (χ1n) is 7.23. The van der Waals surface area contributed by atoms with Gasteiger partial charge in [0.2, 0.25) is 0 Å². The minimum atomic E-state index is -0.367. The van der Waals surface area contributed by atoms with E-state index in [1.165, 1.54) is 11.1 Å². The maximum absolute atomic E-state index is 10.3. The molecule has 1 aromatic rings. The topological polar surface area (TPSA) is 23.5 Å². The van der Waals surface area contributed by atoms with Crippen molar-refractivity contribution in [3.05, 3.63) is 34.9 Å². The fourth-order valence-corrected chi connectivity index (χ4v) is 2.26. The molecule has 1 rings (SSSR count). The summed E-state index contributed by atoms with van der Waals surface area (Å²) in [7, 11) is 2.14. The van der Waals surface area contributed by atoms with E-state index in [4.69, 9.17) is 0 Å². The minimum absolute atomic E-state index is 0.197. The molecule has 0 aromatic heterocycles. The normalized spacial score (nSPS) is 13.9. The SMILES string of the molecule is CCC(C)(C)N(C)CCC(O)c1cc(C)cc(C)c1. The van der Waals surface area contributed by atoms with Crippen LogP contribution in [0.3, 0.4) is 0 Å². The largest absolute Gasteiger partial charge is 0.388 e. The van der Waals surface area contributed by atoms with Gasteiger partial charge in [-0.1, -0.05) is 36.2 Å². The number of hydrogen-bond acceptors (Lipinski definition) is 2. The van der Waals surface area contributed by atoms with Crippen LogP contribution in [0.4, 0.5) is 0 Å². The Morgan fingerprint density at radius 1 is 1.16 bits per heavy atom. The highest BCUT2D eigenvalue weighted by molar-refractivity contribution is 5.29. The van der Waals surface area contributed by atoms with Crippen LogP contribution in [-0.2, 0) is 0 Å². The Balaban J connectivity index is 2.63. The maximum atomic E-state index is 10.3. The molecular formula is C17H29NO. The predicted molar refractivity (Wildman–Crippen MR) is 82.5 cm³/mol. The molecule has 0 amide bonds. The second kappa shape index (κ2) is 6.53. The van der Waals surface area contributed by atoms with Gasteiger partial charge in [0, 0.05) is 12.1 Å². The Kier molecular flexibility index (Phi) is 5.57. The van der Waals surface area contributed by atoms with Crippen molar-refractivity contribution in [3.8, 4) is 0 Å². The highest BCUT2D eigenvalue weighted by Crippen LogP contribution is 2.22. The smallest absolute Gasteiger partial charge is 0.0802 e. The summed E-state index contributed by atoms with van der Waals surface area (Å²) in [5.74, 6) is 0. The second-order valence-corrected chi connectivity index (χ2v) is 6.31. The van der Waals surface area contributed by atoms with Crippen LogP contribution in [0.5, 0.6) is 0 Å². The average molecular weight is 263 g/mol. The summed E-state index contributed by atoms with van der Waals surface area (Å²) in [5.41, 5.74) is 3.68. The molecule has 0 fully saturated rings. The molecule has 0 saturated carbocycles. The molecule has 2 heteroatoms. The summed E-state index contributed by atoms with van der Waals surface area (Å²) in [6.07, 6.45) is 1.53. The maximum Gasteiger partial charge on any atom is 0.0802 e. The van der Waals surface area contributed by atoms with Gasteiger partial charge in [-0.15, -0.1) is 0 Å². The van der Waals surface area contributed by atoms with Crippen LogP contribution in [0.1, 0.15) is 56.4 Å². The van der Waals surface area contributed by atoms with E-state index < -0.39 is 0 Å². The number of hydrogen-bond donors (Lipinski definition) is 1. The number of aryl methyl sites for hydroxylation is 2. The van der Waals surface area contributed by atoms with E-state index in [0.29, 0.717) is 0 Å². The summed E-state index contributed by atoms with van der Waals surface area (Å²) < 4.78 is 0. The van der Waals surface area contributed by atoms with Gasteiger partial charge >= 0.3 is 0 Å². The molecule has 0 heterocycles. The van der Waals surface area contributed by atoms with Crippen LogP contribution < -0.4 is 0 Å². The minimum Gasteiger partial charge on any atom is -0.388 e.